The summed E-state index contributed by atoms with van der Waals surface area (Å²) in [4.78, 5) is 32.0. The molecule has 0 spiro atoms. The number of benzene rings is 1. The van der Waals surface area contributed by atoms with Gasteiger partial charge in [0, 0.05) is 18.5 Å². The number of nitrogens with zero attached hydrogens (tertiary/aromatic N) is 2. The Balaban J connectivity index is 1.76. The van der Waals surface area contributed by atoms with Crippen molar-refractivity contribution in [2.24, 2.45) is 0 Å². The van der Waals surface area contributed by atoms with E-state index < -0.39 is 11.8 Å². The number of anilines is 2. The second-order valence-corrected chi connectivity index (χ2v) is 5.92. The zero-order chi connectivity index (χ0) is 17.8. The predicted molar refractivity (Wildman–Crippen MR) is 91.2 cm³/mol. The molecule has 0 atom stereocenters. The molecule has 2 aromatic heterocycles. The van der Waals surface area contributed by atoms with Crippen LogP contribution < -0.4 is 4.90 Å². The minimum Gasteiger partial charge on any atom is -0.454 e. The Morgan fingerprint density at radius 1 is 1.28 bits per heavy atom. The first-order chi connectivity index (χ1) is 12.1. The van der Waals surface area contributed by atoms with E-state index in [-0.39, 0.29) is 18.2 Å². The highest BCUT2D eigenvalue weighted by atomic mass is 32.1. The van der Waals surface area contributed by atoms with Crippen LogP contribution in [0.2, 0.25) is 0 Å². The topological polar surface area (TPSA) is 75.3 Å². The highest BCUT2D eigenvalue weighted by Gasteiger charge is 2.21. The van der Waals surface area contributed by atoms with Crippen LogP contribution in [0.4, 0.5) is 15.2 Å². The average Bonchev–Trinajstić information content (AvgIpc) is 3.26. The van der Waals surface area contributed by atoms with Crippen molar-refractivity contribution in [3.63, 3.8) is 0 Å². The van der Waals surface area contributed by atoms with Crippen molar-refractivity contribution in [2.75, 3.05) is 4.90 Å². The van der Waals surface area contributed by atoms with Gasteiger partial charge in [-0.3, -0.25) is 9.69 Å². The summed E-state index contributed by atoms with van der Waals surface area (Å²) in [6, 6.07) is 9.26. The van der Waals surface area contributed by atoms with Gasteiger partial charge in [0.05, 0.1) is 11.4 Å². The molecule has 128 valence electrons. The van der Waals surface area contributed by atoms with Crippen LogP contribution in [0.5, 0.6) is 0 Å². The Hall–Kier alpha value is -3.00. The van der Waals surface area contributed by atoms with Crippen LogP contribution in [0.15, 0.2) is 48.0 Å². The summed E-state index contributed by atoms with van der Waals surface area (Å²) in [5.74, 6) is -1.39. The summed E-state index contributed by atoms with van der Waals surface area (Å²) in [5.41, 5.74) is 0.939. The molecule has 0 aliphatic carbocycles. The summed E-state index contributed by atoms with van der Waals surface area (Å²) >= 11 is 1.17. The molecule has 0 fully saturated rings. The number of esters is 1. The van der Waals surface area contributed by atoms with Crippen molar-refractivity contribution in [2.45, 2.75) is 13.5 Å². The van der Waals surface area contributed by atoms with E-state index in [0.29, 0.717) is 16.5 Å². The van der Waals surface area contributed by atoms with E-state index in [0.717, 1.165) is 0 Å². The van der Waals surface area contributed by atoms with E-state index in [4.69, 9.17) is 4.74 Å². The van der Waals surface area contributed by atoms with Crippen molar-refractivity contribution in [1.82, 2.24) is 9.97 Å². The lowest BCUT2D eigenvalue weighted by molar-refractivity contribution is -0.115. The van der Waals surface area contributed by atoms with Crippen molar-refractivity contribution in [3.05, 3.63) is 65.2 Å². The number of halogens is 1. The molecule has 0 saturated carbocycles. The van der Waals surface area contributed by atoms with E-state index in [1.54, 1.807) is 35.8 Å². The highest BCUT2D eigenvalue weighted by Crippen LogP contribution is 2.30. The van der Waals surface area contributed by atoms with Crippen molar-refractivity contribution >= 4 is 34.0 Å². The van der Waals surface area contributed by atoms with Gasteiger partial charge in [0.2, 0.25) is 5.91 Å². The molecule has 25 heavy (non-hydrogen) atoms. The number of para-hydroxylation sites is 1. The molecule has 6 nitrogen and oxygen atoms in total. The number of carbonyl (C=O) groups excluding carboxylic acids is 2. The lowest BCUT2D eigenvalue weighted by atomic mass is 10.3. The van der Waals surface area contributed by atoms with Gasteiger partial charge < -0.3 is 9.72 Å². The Morgan fingerprint density at radius 3 is 2.76 bits per heavy atom. The fraction of sp³-hybridized carbons (Fsp3) is 0.118. The van der Waals surface area contributed by atoms with Gasteiger partial charge in [-0.15, -0.1) is 11.3 Å². The van der Waals surface area contributed by atoms with Gasteiger partial charge >= 0.3 is 5.97 Å². The maximum Gasteiger partial charge on any atom is 0.355 e. The number of carbonyl (C=O) groups is 2. The maximum atomic E-state index is 14.0. The smallest absolute Gasteiger partial charge is 0.355 e. The summed E-state index contributed by atoms with van der Waals surface area (Å²) in [5, 5.41) is 1.97. The predicted octanol–water partition coefficient (Wildman–Crippen LogP) is 3.65. The number of ether oxygens (including phenoxy) is 1. The molecule has 8 heteroatoms. The van der Waals surface area contributed by atoms with Crippen LogP contribution in [-0.4, -0.2) is 21.8 Å². The third kappa shape index (κ3) is 3.74. The standard InChI is InChI=1S/C17H14FN3O3S/c1-11(22)21(15-7-3-2-5-13(15)18)17-20-12(10-25-17)9-24-16(23)14-6-4-8-19-14/h2-8,10,19H,9H2,1H3. The minimum atomic E-state index is -0.521. The fourth-order valence-corrected chi connectivity index (χ4v) is 3.04. The zero-order valence-corrected chi connectivity index (χ0v) is 14.0. The van der Waals surface area contributed by atoms with Gasteiger partial charge in [0.25, 0.3) is 0 Å². The molecular weight excluding hydrogens is 345 g/mol. The van der Waals surface area contributed by atoms with Crippen molar-refractivity contribution in [1.29, 1.82) is 0 Å². The van der Waals surface area contributed by atoms with Crippen LogP contribution in [0.25, 0.3) is 0 Å². The van der Waals surface area contributed by atoms with Crippen molar-refractivity contribution in [3.8, 4) is 0 Å². The van der Waals surface area contributed by atoms with Gasteiger partial charge in [0.15, 0.2) is 5.13 Å². The molecule has 0 unspecified atom stereocenters. The molecule has 0 bridgehead atoms. The normalized spacial score (nSPS) is 10.5. The van der Waals surface area contributed by atoms with E-state index in [9.17, 15) is 14.0 Å². The molecule has 3 rings (SSSR count). The first-order valence-electron chi connectivity index (χ1n) is 7.36. The molecule has 2 heterocycles. The molecular formula is C17H14FN3O3S. The third-order valence-corrected chi connectivity index (χ3v) is 4.18. The largest absolute Gasteiger partial charge is 0.454 e. The molecule has 1 aromatic carbocycles. The third-order valence-electron chi connectivity index (χ3n) is 3.31. The van der Waals surface area contributed by atoms with Crippen LogP contribution >= 0.6 is 11.3 Å². The lowest BCUT2D eigenvalue weighted by Crippen LogP contribution is -2.23. The summed E-state index contributed by atoms with van der Waals surface area (Å²) in [6.07, 6.45) is 1.62. The zero-order valence-electron chi connectivity index (χ0n) is 13.2. The average molecular weight is 359 g/mol. The summed E-state index contributed by atoms with van der Waals surface area (Å²) < 4.78 is 19.2. The monoisotopic (exact) mass is 359 g/mol. The van der Waals surface area contributed by atoms with Gasteiger partial charge in [-0.2, -0.15) is 0 Å². The minimum absolute atomic E-state index is 0.0443. The number of amides is 1. The van der Waals surface area contributed by atoms with E-state index in [1.807, 2.05) is 0 Å². The van der Waals surface area contributed by atoms with Gasteiger partial charge in [0.1, 0.15) is 18.1 Å². The lowest BCUT2D eigenvalue weighted by Gasteiger charge is -2.18. The Kier molecular flexibility index (Phi) is 4.90. The number of nitrogens with one attached hydrogen (secondary N) is 1. The molecule has 1 N–H and O–H groups in total. The van der Waals surface area contributed by atoms with Crippen LogP contribution in [0, 0.1) is 5.82 Å². The molecule has 0 saturated heterocycles. The van der Waals surface area contributed by atoms with E-state index in [2.05, 4.69) is 9.97 Å². The van der Waals surface area contributed by atoms with E-state index >= 15 is 0 Å². The molecule has 0 aliphatic rings. The molecule has 3 aromatic rings. The number of aromatic nitrogens is 2. The first kappa shape index (κ1) is 16.8. The second kappa shape index (κ2) is 7.27. The molecule has 1 amide bonds. The number of aromatic amines is 1. The van der Waals surface area contributed by atoms with Gasteiger partial charge in [-0.05, 0) is 24.3 Å². The van der Waals surface area contributed by atoms with E-state index in [1.165, 1.54) is 35.3 Å². The SMILES string of the molecule is CC(=O)N(c1nc(COC(=O)c2ccc[nH]2)cs1)c1ccccc1F. The number of hydrogen-bond acceptors (Lipinski definition) is 5. The quantitative estimate of drug-likeness (QED) is 0.706. The van der Waals surface area contributed by atoms with Crippen molar-refractivity contribution < 1.29 is 18.7 Å². The molecule has 0 aliphatic heterocycles. The number of H-pyrrole nitrogens is 1. The Labute approximate surface area is 146 Å². The Bertz CT molecular complexity index is 892. The first-order valence-corrected chi connectivity index (χ1v) is 8.24. The van der Waals surface area contributed by atoms with Crippen LogP contribution in [0.1, 0.15) is 23.1 Å². The Morgan fingerprint density at radius 2 is 2.08 bits per heavy atom. The number of thiazole rings is 1. The fourth-order valence-electron chi connectivity index (χ4n) is 2.18. The van der Waals surface area contributed by atoms with Crippen LogP contribution in [0.3, 0.4) is 0 Å². The second-order valence-electron chi connectivity index (χ2n) is 5.09. The van der Waals surface area contributed by atoms with Gasteiger partial charge in [-0.1, -0.05) is 12.1 Å². The number of hydrogen-bond donors (Lipinski definition) is 1. The number of rotatable bonds is 5. The maximum absolute atomic E-state index is 14.0. The van der Waals surface area contributed by atoms with Crippen LogP contribution in [-0.2, 0) is 16.1 Å². The highest BCUT2D eigenvalue weighted by molar-refractivity contribution is 7.14. The summed E-state index contributed by atoms with van der Waals surface area (Å²) in [7, 11) is 0. The summed E-state index contributed by atoms with van der Waals surface area (Å²) in [6.45, 7) is 1.29. The molecule has 0 radical (unpaired) electrons. The van der Waals surface area contributed by atoms with Gasteiger partial charge in [-0.25, -0.2) is 14.2 Å².